The van der Waals surface area contributed by atoms with Crippen molar-refractivity contribution in [3.05, 3.63) is 49.6 Å². The number of benzene rings is 1. The molecule has 9 heteroatoms. The SMILES string of the molecule is C=CCN(C(=O)[C@@H]1[C@H]2C(=O)N(CCCCO)C(C(=O)N(CC=C)C(C)(C)C)C23CC(C)[C@@]1(C)O3)c1ccc(OCC)cc1. The minimum atomic E-state index is -1.15. The van der Waals surface area contributed by atoms with Crippen molar-refractivity contribution >= 4 is 23.4 Å². The minimum Gasteiger partial charge on any atom is -0.494 e. The fourth-order valence-electron chi connectivity index (χ4n) is 7.51. The summed E-state index contributed by atoms with van der Waals surface area (Å²) in [6.45, 7) is 20.9. The van der Waals surface area contributed by atoms with E-state index in [4.69, 9.17) is 9.47 Å². The number of fused-ring (bicyclic) bond motifs is 1. The number of anilines is 1. The highest BCUT2D eigenvalue weighted by Gasteiger charge is 2.80. The van der Waals surface area contributed by atoms with Gasteiger partial charge in [0.2, 0.25) is 17.7 Å². The molecule has 4 rings (SSSR count). The van der Waals surface area contributed by atoms with Gasteiger partial charge >= 0.3 is 0 Å². The molecule has 3 saturated heterocycles. The van der Waals surface area contributed by atoms with Crippen molar-refractivity contribution in [3.63, 3.8) is 0 Å². The summed E-state index contributed by atoms with van der Waals surface area (Å²) in [5.74, 6) is -1.64. The molecule has 0 aliphatic carbocycles. The van der Waals surface area contributed by atoms with Gasteiger partial charge in [-0.2, -0.15) is 0 Å². The molecular weight excluding hydrogens is 546 g/mol. The van der Waals surface area contributed by atoms with Crippen LogP contribution in [0.15, 0.2) is 49.6 Å². The summed E-state index contributed by atoms with van der Waals surface area (Å²) in [5.41, 5.74) is -1.95. The number of ether oxygens (including phenoxy) is 2. The van der Waals surface area contributed by atoms with Crippen molar-refractivity contribution < 1.29 is 29.0 Å². The lowest BCUT2D eigenvalue weighted by molar-refractivity contribution is -0.155. The van der Waals surface area contributed by atoms with Crippen LogP contribution in [0.1, 0.15) is 60.8 Å². The average Bonchev–Trinajstić information content (AvgIpc) is 3.46. The smallest absolute Gasteiger partial charge is 0.249 e. The van der Waals surface area contributed by atoms with Crippen LogP contribution in [-0.4, -0.2) is 88.3 Å². The Balaban J connectivity index is 1.81. The number of aliphatic hydroxyl groups excluding tert-OH is 1. The number of carbonyl (C=O) groups is 3. The van der Waals surface area contributed by atoms with E-state index < -0.39 is 34.6 Å². The van der Waals surface area contributed by atoms with Gasteiger partial charge in [-0.05, 0) is 84.1 Å². The van der Waals surface area contributed by atoms with Gasteiger partial charge in [-0.3, -0.25) is 14.4 Å². The van der Waals surface area contributed by atoms with E-state index in [2.05, 4.69) is 13.2 Å². The summed E-state index contributed by atoms with van der Waals surface area (Å²) in [4.78, 5) is 48.8. The number of aliphatic hydroxyl groups is 1. The fraction of sp³-hybridized carbons (Fsp3) is 0.618. The Morgan fingerprint density at radius 1 is 1.14 bits per heavy atom. The molecule has 3 aliphatic rings. The monoisotopic (exact) mass is 595 g/mol. The molecule has 3 aliphatic heterocycles. The Kier molecular flexibility index (Phi) is 9.47. The summed E-state index contributed by atoms with van der Waals surface area (Å²) in [7, 11) is 0. The second-order valence-corrected chi connectivity index (χ2v) is 13.2. The van der Waals surface area contributed by atoms with Gasteiger partial charge in [0, 0.05) is 37.5 Å². The lowest BCUT2D eigenvalue weighted by Crippen LogP contribution is -2.60. The molecule has 3 heterocycles. The van der Waals surface area contributed by atoms with Crippen LogP contribution in [0, 0.1) is 17.8 Å². The van der Waals surface area contributed by atoms with Gasteiger partial charge in [-0.15, -0.1) is 13.2 Å². The Morgan fingerprint density at radius 3 is 2.35 bits per heavy atom. The van der Waals surface area contributed by atoms with Crippen LogP contribution in [0.3, 0.4) is 0 Å². The normalized spacial score (nSPS) is 29.4. The molecule has 1 aromatic carbocycles. The van der Waals surface area contributed by atoms with Gasteiger partial charge in [0.1, 0.15) is 17.4 Å². The molecule has 3 fully saturated rings. The number of nitrogens with zero attached hydrogens (tertiary/aromatic N) is 3. The molecule has 1 spiro atoms. The maximum absolute atomic E-state index is 14.7. The van der Waals surface area contributed by atoms with Crippen LogP contribution in [0.2, 0.25) is 0 Å². The van der Waals surface area contributed by atoms with E-state index in [1.807, 2.05) is 65.8 Å². The predicted octanol–water partition coefficient (Wildman–Crippen LogP) is 4.20. The highest BCUT2D eigenvalue weighted by molar-refractivity contribution is 6.03. The van der Waals surface area contributed by atoms with Crippen LogP contribution >= 0.6 is 0 Å². The standard InChI is InChI=1S/C34H49N3O6/c1-9-18-35(24-14-16-25(17-15-24)42-11-3)29(39)26-27-30(40)36(20-12-13-21-38)28(31(41)37(19-10-2)32(5,6)7)34(27)22-23(4)33(26,8)43-34/h9-10,14-17,23,26-28,38H,1-2,11-13,18-22H2,3-8H3/t23?,26-,27-,28?,33+,34?/m0/s1. The number of hydrogen-bond donors (Lipinski definition) is 1. The molecule has 0 radical (unpaired) electrons. The van der Waals surface area contributed by atoms with Gasteiger partial charge < -0.3 is 29.3 Å². The van der Waals surface area contributed by atoms with E-state index in [0.717, 1.165) is 0 Å². The third-order valence-corrected chi connectivity index (χ3v) is 9.55. The first kappa shape index (κ1) is 32.7. The quantitative estimate of drug-likeness (QED) is 0.271. The van der Waals surface area contributed by atoms with Gasteiger partial charge in [0.05, 0.1) is 24.0 Å². The van der Waals surface area contributed by atoms with Crippen molar-refractivity contribution in [1.29, 1.82) is 0 Å². The zero-order valence-corrected chi connectivity index (χ0v) is 26.7. The van der Waals surface area contributed by atoms with E-state index in [1.54, 1.807) is 26.9 Å². The zero-order valence-electron chi connectivity index (χ0n) is 26.7. The number of likely N-dealkylation sites (tertiary alicyclic amines) is 1. The first-order valence-electron chi connectivity index (χ1n) is 15.5. The molecule has 1 aromatic rings. The average molecular weight is 596 g/mol. The molecule has 236 valence electrons. The maximum atomic E-state index is 14.7. The lowest BCUT2D eigenvalue weighted by Gasteiger charge is -2.42. The Hall–Kier alpha value is -3.17. The van der Waals surface area contributed by atoms with Crippen molar-refractivity contribution in [1.82, 2.24) is 9.80 Å². The van der Waals surface area contributed by atoms with Gasteiger partial charge in [-0.1, -0.05) is 19.1 Å². The number of amides is 3. The summed E-state index contributed by atoms with van der Waals surface area (Å²) in [6.07, 6.45) is 4.89. The molecule has 3 unspecified atom stereocenters. The summed E-state index contributed by atoms with van der Waals surface area (Å²) in [5, 5.41) is 9.48. The number of carbonyl (C=O) groups excluding carboxylic acids is 3. The first-order chi connectivity index (χ1) is 20.3. The van der Waals surface area contributed by atoms with Crippen LogP contribution in [-0.2, 0) is 19.1 Å². The summed E-state index contributed by atoms with van der Waals surface area (Å²) in [6, 6.07) is 6.43. The summed E-state index contributed by atoms with van der Waals surface area (Å²) >= 11 is 0. The minimum absolute atomic E-state index is 0.00882. The van der Waals surface area contributed by atoms with Crippen molar-refractivity contribution in [2.24, 2.45) is 17.8 Å². The Labute approximate surface area is 256 Å². The molecule has 0 aromatic heterocycles. The zero-order chi connectivity index (χ0) is 31.7. The Bertz CT molecular complexity index is 1230. The maximum Gasteiger partial charge on any atom is 0.249 e. The Morgan fingerprint density at radius 2 is 1.79 bits per heavy atom. The van der Waals surface area contributed by atoms with E-state index in [0.29, 0.717) is 50.4 Å². The topological polar surface area (TPSA) is 99.6 Å². The molecule has 1 N–H and O–H groups in total. The number of unbranched alkanes of at least 4 members (excludes halogenated alkanes) is 1. The number of hydrogen-bond acceptors (Lipinski definition) is 6. The number of rotatable bonds is 13. The van der Waals surface area contributed by atoms with Gasteiger partial charge in [-0.25, -0.2) is 0 Å². The third-order valence-electron chi connectivity index (χ3n) is 9.55. The van der Waals surface area contributed by atoms with Crippen LogP contribution in [0.25, 0.3) is 0 Å². The third kappa shape index (κ3) is 5.50. The fourth-order valence-corrected chi connectivity index (χ4v) is 7.51. The van der Waals surface area contributed by atoms with E-state index >= 15 is 0 Å². The van der Waals surface area contributed by atoms with Crippen molar-refractivity contribution in [2.75, 3.05) is 37.7 Å². The lowest BCUT2D eigenvalue weighted by atomic mass is 9.62. The highest BCUT2D eigenvalue weighted by Crippen LogP contribution is 2.65. The molecule has 0 saturated carbocycles. The molecular formula is C34H49N3O6. The second kappa shape index (κ2) is 12.4. The predicted molar refractivity (Wildman–Crippen MR) is 167 cm³/mol. The van der Waals surface area contributed by atoms with Gasteiger partial charge in [0.25, 0.3) is 0 Å². The van der Waals surface area contributed by atoms with E-state index in [9.17, 15) is 19.5 Å². The molecule has 2 bridgehead atoms. The van der Waals surface area contributed by atoms with Crippen LogP contribution in [0.4, 0.5) is 5.69 Å². The molecule has 9 nitrogen and oxygen atoms in total. The van der Waals surface area contributed by atoms with Crippen molar-refractivity contribution in [3.8, 4) is 5.75 Å². The largest absolute Gasteiger partial charge is 0.494 e. The first-order valence-corrected chi connectivity index (χ1v) is 15.5. The van der Waals surface area contributed by atoms with E-state index in [-0.39, 0.29) is 36.8 Å². The molecule has 3 amide bonds. The van der Waals surface area contributed by atoms with E-state index in [1.165, 1.54) is 0 Å². The molecule has 43 heavy (non-hydrogen) atoms. The highest BCUT2D eigenvalue weighted by atomic mass is 16.5. The summed E-state index contributed by atoms with van der Waals surface area (Å²) < 4.78 is 12.5. The van der Waals surface area contributed by atoms with Crippen molar-refractivity contribution in [2.45, 2.75) is 83.6 Å². The van der Waals surface area contributed by atoms with Gasteiger partial charge in [0.15, 0.2) is 0 Å². The van der Waals surface area contributed by atoms with Crippen LogP contribution in [0.5, 0.6) is 5.75 Å². The van der Waals surface area contributed by atoms with Crippen LogP contribution < -0.4 is 9.64 Å². The molecule has 6 atom stereocenters. The second-order valence-electron chi connectivity index (χ2n) is 13.2.